The molecule has 0 saturated heterocycles. The number of nitrogens with zero attached hydrogens (tertiary/aromatic N) is 1. The lowest BCUT2D eigenvalue weighted by molar-refractivity contribution is 0.205. The third kappa shape index (κ3) is 1.89. The molecule has 1 aromatic rings. The minimum absolute atomic E-state index is 0.592. The van der Waals surface area contributed by atoms with E-state index < -0.39 is 29.4 Å². The van der Waals surface area contributed by atoms with Crippen molar-refractivity contribution in [3.05, 3.63) is 6.07 Å². The SMILES string of the molecule is NC(=O)Oc1c(O)cc(O)nc1O. The van der Waals surface area contributed by atoms with Crippen molar-refractivity contribution in [1.29, 1.82) is 0 Å². The van der Waals surface area contributed by atoms with Gasteiger partial charge in [0.2, 0.25) is 11.6 Å². The summed E-state index contributed by atoms with van der Waals surface area (Å²) >= 11 is 0. The molecule has 0 aliphatic heterocycles. The number of hydrogen-bond acceptors (Lipinski definition) is 6. The molecule has 0 fully saturated rings. The van der Waals surface area contributed by atoms with Crippen LogP contribution >= 0.6 is 0 Å². The van der Waals surface area contributed by atoms with Gasteiger partial charge in [-0.2, -0.15) is 4.98 Å². The van der Waals surface area contributed by atoms with Crippen LogP contribution in [0.25, 0.3) is 0 Å². The summed E-state index contributed by atoms with van der Waals surface area (Å²) in [6.07, 6.45) is -1.21. The lowest BCUT2D eigenvalue weighted by Crippen LogP contribution is -2.16. The van der Waals surface area contributed by atoms with Crippen molar-refractivity contribution in [1.82, 2.24) is 4.98 Å². The molecule has 0 radical (unpaired) electrons. The van der Waals surface area contributed by atoms with Crippen LogP contribution in [0.3, 0.4) is 0 Å². The van der Waals surface area contributed by atoms with E-state index >= 15 is 0 Å². The van der Waals surface area contributed by atoms with E-state index in [0.717, 1.165) is 6.07 Å². The molecule has 0 aromatic carbocycles. The second-order valence-electron chi connectivity index (χ2n) is 2.07. The minimum atomic E-state index is -1.21. The van der Waals surface area contributed by atoms with Crippen LogP contribution in [-0.4, -0.2) is 26.4 Å². The average Bonchev–Trinajstić information content (AvgIpc) is 1.96. The Hall–Kier alpha value is -2.18. The van der Waals surface area contributed by atoms with Crippen LogP contribution in [0.1, 0.15) is 0 Å². The normalized spacial score (nSPS) is 9.54. The maximum atomic E-state index is 10.2. The molecule has 0 atom stereocenters. The largest absolute Gasteiger partial charge is 0.504 e. The van der Waals surface area contributed by atoms with E-state index in [2.05, 4.69) is 15.5 Å². The number of hydrogen-bond donors (Lipinski definition) is 4. The van der Waals surface area contributed by atoms with Gasteiger partial charge in [-0.3, -0.25) is 0 Å². The van der Waals surface area contributed by atoms with Crippen molar-refractivity contribution in [2.75, 3.05) is 0 Å². The van der Waals surface area contributed by atoms with Crippen molar-refractivity contribution < 1.29 is 24.9 Å². The van der Waals surface area contributed by atoms with Crippen LogP contribution < -0.4 is 10.5 Å². The Labute approximate surface area is 72.0 Å². The molecule has 70 valence electrons. The Bertz CT molecular complexity index is 328. The number of nitrogens with two attached hydrogens (primary N) is 1. The van der Waals surface area contributed by atoms with Gasteiger partial charge in [-0.15, -0.1) is 0 Å². The van der Waals surface area contributed by atoms with Crippen LogP contribution in [0.4, 0.5) is 4.79 Å². The van der Waals surface area contributed by atoms with Crippen molar-refractivity contribution >= 4 is 6.09 Å². The summed E-state index contributed by atoms with van der Waals surface area (Å²) in [5.74, 6) is -2.66. The highest BCUT2D eigenvalue weighted by atomic mass is 16.6. The number of carbonyl (C=O) groups excluding carboxylic acids is 1. The molecule has 7 heteroatoms. The maximum absolute atomic E-state index is 10.2. The summed E-state index contributed by atoms with van der Waals surface area (Å²) in [5.41, 5.74) is 4.63. The van der Waals surface area contributed by atoms with Gasteiger partial charge in [0.15, 0.2) is 5.75 Å². The average molecular weight is 186 g/mol. The summed E-state index contributed by atoms with van der Waals surface area (Å²) in [4.78, 5) is 13.4. The Morgan fingerprint density at radius 2 is 2.08 bits per heavy atom. The number of carbonyl (C=O) groups is 1. The number of primary amides is 1. The highest BCUT2D eigenvalue weighted by Crippen LogP contribution is 2.36. The number of ether oxygens (including phenoxy) is 1. The number of aromatic hydroxyl groups is 3. The van der Waals surface area contributed by atoms with Gasteiger partial charge in [-0.1, -0.05) is 0 Å². The minimum Gasteiger partial charge on any atom is -0.504 e. The molecular weight excluding hydrogens is 180 g/mol. The van der Waals surface area contributed by atoms with Gasteiger partial charge in [-0.05, 0) is 0 Å². The van der Waals surface area contributed by atoms with Crippen LogP contribution in [0.15, 0.2) is 6.07 Å². The van der Waals surface area contributed by atoms with E-state index in [4.69, 9.17) is 15.3 Å². The van der Waals surface area contributed by atoms with Crippen molar-refractivity contribution in [3.8, 4) is 23.3 Å². The molecule has 0 spiro atoms. The molecule has 1 heterocycles. The van der Waals surface area contributed by atoms with Crippen LogP contribution in [0.5, 0.6) is 23.3 Å². The van der Waals surface area contributed by atoms with E-state index in [-0.39, 0.29) is 0 Å². The van der Waals surface area contributed by atoms with Crippen LogP contribution in [0.2, 0.25) is 0 Å². The second kappa shape index (κ2) is 3.05. The Kier molecular flexibility index (Phi) is 2.09. The highest BCUT2D eigenvalue weighted by Gasteiger charge is 2.14. The fraction of sp³-hybridized carbons (Fsp3) is 0. The summed E-state index contributed by atoms with van der Waals surface area (Å²) in [6.45, 7) is 0. The lowest BCUT2D eigenvalue weighted by Gasteiger charge is -2.04. The van der Waals surface area contributed by atoms with E-state index in [1.54, 1.807) is 0 Å². The smallest absolute Gasteiger partial charge is 0.410 e. The molecule has 0 aliphatic rings. The monoisotopic (exact) mass is 186 g/mol. The summed E-state index contributed by atoms with van der Waals surface area (Å²) in [6, 6.07) is 0.790. The predicted octanol–water partition coefficient (Wildman–Crippen LogP) is -0.344. The van der Waals surface area contributed by atoms with E-state index in [1.807, 2.05) is 0 Å². The molecule has 0 bridgehead atoms. The molecule has 5 N–H and O–H groups in total. The summed E-state index contributed by atoms with van der Waals surface area (Å²) in [7, 11) is 0. The van der Waals surface area contributed by atoms with Gasteiger partial charge in [0.1, 0.15) is 0 Å². The van der Waals surface area contributed by atoms with Crippen molar-refractivity contribution in [3.63, 3.8) is 0 Å². The van der Waals surface area contributed by atoms with Crippen LogP contribution in [0, 0.1) is 0 Å². The zero-order chi connectivity index (χ0) is 10.0. The predicted molar refractivity (Wildman–Crippen MR) is 39.4 cm³/mol. The molecule has 7 nitrogen and oxygen atoms in total. The summed E-state index contributed by atoms with van der Waals surface area (Å²) in [5, 5.41) is 26.7. The van der Waals surface area contributed by atoms with Gasteiger partial charge in [0.25, 0.3) is 5.88 Å². The molecule has 0 saturated carbocycles. The lowest BCUT2D eigenvalue weighted by atomic mass is 10.4. The van der Waals surface area contributed by atoms with E-state index in [1.165, 1.54) is 0 Å². The molecule has 1 aromatic heterocycles. The highest BCUT2D eigenvalue weighted by molar-refractivity contribution is 5.70. The molecule has 0 unspecified atom stereocenters. The van der Waals surface area contributed by atoms with Crippen molar-refractivity contribution in [2.24, 2.45) is 5.73 Å². The topological polar surface area (TPSA) is 126 Å². The first-order valence-electron chi connectivity index (χ1n) is 3.10. The Balaban J connectivity index is 3.13. The first-order valence-corrected chi connectivity index (χ1v) is 3.10. The Morgan fingerprint density at radius 3 is 2.54 bits per heavy atom. The molecule has 13 heavy (non-hydrogen) atoms. The standard InChI is InChI=1S/C6H6N2O5/c7-6(12)13-4-2(9)1-3(10)8-5(4)11/h1H,(H2,7,12)(H3,8,9,10,11). The molecule has 0 aliphatic carbocycles. The second-order valence-corrected chi connectivity index (χ2v) is 2.07. The zero-order valence-corrected chi connectivity index (χ0v) is 6.26. The fourth-order valence-electron chi connectivity index (χ4n) is 0.692. The maximum Gasteiger partial charge on any atom is 0.410 e. The van der Waals surface area contributed by atoms with Gasteiger partial charge in [0, 0.05) is 6.07 Å². The van der Waals surface area contributed by atoms with E-state index in [9.17, 15) is 4.79 Å². The summed E-state index contributed by atoms with van der Waals surface area (Å²) < 4.78 is 4.20. The van der Waals surface area contributed by atoms with Gasteiger partial charge in [-0.25, -0.2) is 4.79 Å². The molecule has 1 rings (SSSR count). The van der Waals surface area contributed by atoms with Gasteiger partial charge >= 0.3 is 6.09 Å². The van der Waals surface area contributed by atoms with Gasteiger partial charge in [0.05, 0.1) is 0 Å². The number of rotatable bonds is 1. The zero-order valence-electron chi connectivity index (χ0n) is 6.26. The first kappa shape index (κ1) is 8.91. The molecule has 1 amide bonds. The van der Waals surface area contributed by atoms with Gasteiger partial charge < -0.3 is 25.8 Å². The number of aromatic nitrogens is 1. The van der Waals surface area contributed by atoms with Crippen LogP contribution in [-0.2, 0) is 0 Å². The molecular formula is C6H6N2O5. The van der Waals surface area contributed by atoms with Crippen molar-refractivity contribution in [2.45, 2.75) is 0 Å². The number of amides is 1. The third-order valence-electron chi connectivity index (χ3n) is 1.12. The third-order valence-corrected chi connectivity index (χ3v) is 1.12. The quantitative estimate of drug-likeness (QED) is 0.475. The first-order chi connectivity index (χ1) is 6.00. The number of pyridine rings is 1. The Morgan fingerprint density at radius 1 is 1.46 bits per heavy atom. The van der Waals surface area contributed by atoms with E-state index in [0.29, 0.717) is 0 Å². The fourth-order valence-corrected chi connectivity index (χ4v) is 0.692.